The van der Waals surface area contributed by atoms with E-state index >= 15 is 0 Å². The summed E-state index contributed by atoms with van der Waals surface area (Å²) in [4.78, 5) is 52.6. The van der Waals surface area contributed by atoms with Crippen LogP contribution in [0.2, 0.25) is 0 Å². The Bertz CT molecular complexity index is 912. The van der Waals surface area contributed by atoms with Crippen LogP contribution in [0.4, 0.5) is 5.69 Å². The quantitative estimate of drug-likeness (QED) is 0.558. The van der Waals surface area contributed by atoms with Crippen molar-refractivity contribution in [2.45, 2.75) is 53.0 Å². The number of nitrogens with one attached hydrogen (secondary N) is 1. The Balaban J connectivity index is 1.42. The summed E-state index contributed by atoms with van der Waals surface area (Å²) in [5, 5.41) is 2.75. The fourth-order valence-electron chi connectivity index (χ4n) is 5.68. The number of aryl methyl sites for hydroxylation is 1. The molecule has 3 aliphatic rings. The Morgan fingerprint density at radius 3 is 2.29 bits per heavy atom. The lowest BCUT2D eigenvalue weighted by atomic mass is 9.81. The van der Waals surface area contributed by atoms with E-state index in [9.17, 15) is 19.2 Å². The first-order chi connectivity index (χ1) is 14.7. The first kappa shape index (κ1) is 21.5. The van der Waals surface area contributed by atoms with Gasteiger partial charge in [-0.25, -0.2) is 4.79 Å². The molecule has 1 N–H and O–H groups in total. The predicted molar refractivity (Wildman–Crippen MR) is 114 cm³/mol. The molecule has 0 aromatic heterocycles. The molecule has 0 spiro atoms. The highest BCUT2D eigenvalue weighted by Crippen LogP contribution is 2.56. The van der Waals surface area contributed by atoms with Crippen molar-refractivity contribution in [1.82, 2.24) is 4.90 Å². The Labute approximate surface area is 182 Å². The minimum Gasteiger partial charge on any atom is -0.454 e. The largest absolute Gasteiger partial charge is 0.454 e. The SMILES string of the molecule is Cc1cccc(NC(=O)COC(=O)[C@H](C(C)C)N2C(=O)[C@H]3[C@H]4CC[C@@H](C4)[C@@H]3C2=O)c1C. The van der Waals surface area contributed by atoms with E-state index in [-0.39, 0.29) is 41.4 Å². The van der Waals surface area contributed by atoms with E-state index < -0.39 is 24.5 Å². The molecular weight excluding hydrogens is 396 g/mol. The van der Waals surface area contributed by atoms with E-state index in [1.807, 2.05) is 26.0 Å². The number of carbonyl (C=O) groups is 4. The van der Waals surface area contributed by atoms with Crippen molar-refractivity contribution in [3.05, 3.63) is 29.3 Å². The van der Waals surface area contributed by atoms with Crippen LogP contribution >= 0.6 is 0 Å². The lowest BCUT2D eigenvalue weighted by Gasteiger charge is -2.28. The zero-order chi connectivity index (χ0) is 22.4. The molecule has 2 bridgehead atoms. The standard InChI is InChI=1S/C24H30N2O5/c1-12(2)21(26-22(28)19-15-8-9-16(10-15)20(19)23(26)29)24(30)31-11-18(27)25-17-7-5-6-13(3)14(17)4/h5-7,12,15-16,19-21H,8-11H2,1-4H3,(H,25,27)/t15-,16-,19-,20-,21-/m0/s1. The molecule has 1 aromatic rings. The topological polar surface area (TPSA) is 92.8 Å². The molecule has 1 heterocycles. The van der Waals surface area contributed by atoms with Crippen LogP contribution in [0.1, 0.15) is 44.2 Å². The number of amides is 3. The van der Waals surface area contributed by atoms with Crippen molar-refractivity contribution < 1.29 is 23.9 Å². The minimum absolute atomic E-state index is 0.238. The summed E-state index contributed by atoms with van der Waals surface area (Å²) in [6, 6.07) is 4.57. The van der Waals surface area contributed by atoms with Gasteiger partial charge in [-0.1, -0.05) is 26.0 Å². The van der Waals surface area contributed by atoms with Gasteiger partial charge in [0.25, 0.3) is 5.91 Å². The highest BCUT2D eigenvalue weighted by atomic mass is 16.5. The van der Waals surface area contributed by atoms with Crippen molar-refractivity contribution in [3.8, 4) is 0 Å². The molecule has 1 aromatic carbocycles. The van der Waals surface area contributed by atoms with Gasteiger partial charge in [-0.2, -0.15) is 0 Å². The van der Waals surface area contributed by atoms with E-state index in [2.05, 4.69) is 5.32 Å². The normalized spacial score (nSPS) is 27.6. The van der Waals surface area contributed by atoms with Crippen molar-refractivity contribution in [1.29, 1.82) is 0 Å². The van der Waals surface area contributed by atoms with Gasteiger partial charge in [-0.05, 0) is 68.1 Å². The second-order valence-corrected chi connectivity index (χ2v) is 9.52. The molecule has 0 radical (unpaired) electrons. The molecule has 2 saturated carbocycles. The number of likely N-dealkylation sites (tertiary alicyclic amines) is 1. The molecule has 1 aliphatic heterocycles. The highest BCUT2D eigenvalue weighted by Gasteiger charge is 2.62. The van der Waals surface area contributed by atoms with Gasteiger partial charge in [-0.3, -0.25) is 19.3 Å². The Morgan fingerprint density at radius 2 is 1.71 bits per heavy atom. The van der Waals surface area contributed by atoms with Crippen molar-refractivity contribution in [2.24, 2.45) is 29.6 Å². The van der Waals surface area contributed by atoms with E-state index in [0.29, 0.717) is 5.69 Å². The number of hydrogen-bond donors (Lipinski definition) is 1. The molecule has 3 fully saturated rings. The van der Waals surface area contributed by atoms with Crippen LogP contribution in [0.15, 0.2) is 18.2 Å². The van der Waals surface area contributed by atoms with Crippen LogP contribution in [0.5, 0.6) is 0 Å². The minimum atomic E-state index is -1.00. The average molecular weight is 427 g/mol. The zero-order valence-electron chi connectivity index (χ0n) is 18.5. The van der Waals surface area contributed by atoms with Gasteiger partial charge in [-0.15, -0.1) is 0 Å². The molecule has 31 heavy (non-hydrogen) atoms. The van der Waals surface area contributed by atoms with Crippen molar-refractivity contribution in [3.63, 3.8) is 0 Å². The molecule has 7 nitrogen and oxygen atoms in total. The molecular formula is C24H30N2O5. The second kappa shape index (κ2) is 8.09. The molecule has 166 valence electrons. The van der Waals surface area contributed by atoms with Crippen LogP contribution in [-0.2, 0) is 23.9 Å². The molecule has 3 amide bonds. The van der Waals surface area contributed by atoms with Gasteiger partial charge >= 0.3 is 5.97 Å². The smallest absolute Gasteiger partial charge is 0.330 e. The number of rotatable bonds is 6. The Morgan fingerprint density at radius 1 is 1.10 bits per heavy atom. The summed E-state index contributed by atoms with van der Waals surface area (Å²) >= 11 is 0. The summed E-state index contributed by atoms with van der Waals surface area (Å²) in [5.74, 6) is -2.01. The van der Waals surface area contributed by atoms with Gasteiger partial charge in [0.1, 0.15) is 6.04 Å². The third-order valence-electron chi connectivity index (χ3n) is 7.34. The maximum atomic E-state index is 13.1. The molecule has 0 unspecified atom stereocenters. The van der Waals surface area contributed by atoms with Crippen LogP contribution in [-0.4, -0.2) is 41.2 Å². The molecule has 2 aliphatic carbocycles. The number of esters is 1. The van der Waals surface area contributed by atoms with Gasteiger partial charge in [0.05, 0.1) is 11.8 Å². The summed E-state index contributed by atoms with van der Waals surface area (Å²) in [7, 11) is 0. The molecule has 7 heteroatoms. The summed E-state index contributed by atoms with van der Waals surface area (Å²) in [5.41, 5.74) is 2.64. The maximum absolute atomic E-state index is 13.1. The maximum Gasteiger partial charge on any atom is 0.330 e. The number of ether oxygens (including phenoxy) is 1. The number of fused-ring (bicyclic) bond motifs is 5. The Kier molecular flexibility index (Phi) is 5.62. The number of hydrogen-bond acceptors (Lipinski definition) is 5. The van der Waals surface area contributed by atoms with Gasteiger partial charge in [0, 0.05) is 5.69 Å². The molecule has 5 atom stereocenters. The van der Waals surface area contributed by atoms with Crippen LogP contribution in [0.3, 0.4) is 0 Å². The van der Waals surface area contributed by atoms with Gasteiger partial charge in [0.15, 0.2) is 6.61 Å². The van der Waals surface area contributed by atoms with Crippen LogP contribution < -0.4 is 5.32 Å². The third kappa shape index (κ3) is 3.64. The number of anilines is 1. The average Bonchev–Trinajstić information content (AvgIpc) is 3.40. The number of benzene rings is 1. The lowest BCUT2D eigenvalue weighted by molar-refractivity contribution is -0.162. The van der Waals surface area contributed by atoms with Crippen molar-refractivity contribution in [2.75, 3.05) is 11.9 Å². The monoisotopic (exact) mass is 426 g/mol. The predicted octanol–water partition coefficient (Wildman–Crippen LogP) is 2.84. The summed E-state index contributed by atoms with van der Waals surface area (Å²) in [6.07, 6.45) is 2.90. The molecule has 4 rings (SSSR count). The highest BCUT2D eigenvalue weighted by molar-refractivity contribution is 6.08. The molecule has 1 saturated heterocycles. The number of imide groups is 1. The third-order valence-corrected chi connectivity index (χ3v) is 7.34. The van der Waals surface area contributed by atoms with E-state index in [1.165, 1.54) is 0 Å². The van der Waals surface area contributed by atoms with E-state index in [1.54, 1.807) is 19.9 Å². The Hall–Kier alpha value is -2.70. The first-order valence-electron chi connectivity index (χ1n) is 11.1. The van der Waals surface area contributed by atoms with Crippen LogP contribution in [0.25, 0.3) is 0 Å². The van der Waals surface area contributed by atoms with E-state index in [0.717, 1.165) is 35.3 Å². The number of carbonyl (C=O) groups excluding carboxylic acids is 4. The summed E-state index contributed by atoms with van der Waals surface area (Å²) in [6.45, 7) is 6.95. The fourth-order valence-corrected chi connectivity index (χ4v) is 5.68. The zero-order valence-corrected chi connectivity index (χ0v) is 18.5. The lowest BCUT2D eigenvalue weighted by Crippen LogP contribution is -2.50. The van der Waals surface area contributed by atoms with Crippen molar-refractivity contribution >= 4 is 29.4 Å². The van der Waals surface area contributed by atoms with Gasteiger partial charge in [0.2, 0.25) is 11.8 Å². The fraction of sp³-hybridized carbons (Fsp3) is 0.583. The summed E-state index contributed by atoms with van der Waals surface area (Å²) < 4.78 is 5.27. The number of nitrogens with zero attached hydrogens (tertiary/aromatic N) is 1. The van der Waals surface area contributed by atoms with Crippen LogP contribution in [0, 0.1) is 43.4 Å². The van der Waals surface area contributed by atoms with E-state index in [4.69, 9.17) is 4.74 Å². The first-order valence-corrected chi connectivity index (χ1v) is 11.1. The van der Waals surface area contributed by atoms with Gasteiger partial charge < -0.3 is 10.1 Å². The second-order valence-electron chi connectivity index (χ2n) is 9.52.